The van der Waals surface area contributed by atoms with Crippen LogP contribution in [-0.4, -0.2) is 35.2 Å². The van der Waals surface area contributed by atoms with Gasteiger partial charge < -0.3 is 10.0 Å². The van der Waals surface area contributed by atoms with Crippen molar-refractivity contribution in [3.63, 3.8) is 0 Å². The van der Waals surface area contributed by atoms with E-state index < -0.39 is 11.4 Å². The summed E-state index contributed by atoms with van der Waals surface area (Å²) in [7, 11) is 1.38. The molecule has 1 atom stereocenters. The molecule has 1 aliphatic heterocycles. The maximum atomic E-state index is 12.9. The number of hydroxylamine groups is 1. The van der Waals surface area contributed by atoms with Crippen LogP contribution >= 0.6 is 0 Å². The zero-order chi connectivity index (χ0) is 16.3. The van der Waals surface area contributed by atoms with Gasteiger partial charge in [0.1, 0.15) is 7.11 Å². The number of benzene rings is 1. The zero-order valence-electron chi connectivity index (χ0n) is 13.1. The summed E-state index contributed by atoms with van der Waals surface area (Å²) in [5.74, 6) is -0.512. The molecule has 7 nitrogen and oxygen atoms in total. The van der Waals surface area contributed by atoms with E-state index in [1.165, 1.54) is 12.1 Å². The van der Waals surface area contributed by atoms with Crippen LogP contribution in [0.4, 0.5) is 5.69 Å². The van der Waals surface area contributed by atoms with Gasteiger partial charge in [-0.25, -0.2) is 0 Å². The Morgan fingerprint density at radius 1 is 1.41 bits per heavy atom. The Balaban J connectivity index is 2.58. The van der Waals surface area contributed by atoms with Crippen LogP contribution in [0.3, 0.4) is 0 Å². The molecular formula is C15H20N4O3. The van der Waals surface area contributed by atoms with Crippen LogP contribution in [0, 0.1) is 5.92 Å². The largest absolute Gasteiger partial charge is 0.399 e. The fraction of sp³-hybridized carbons (Fsp3) is 0.400. The summed E-state index contributed by atoms with van der Waals surface area (Å²) < 4.78 is 0. The van der Waals surface area contributed by atoms with Gasteiger partial charge in [0.15, 0.2) is 0 Å². The lowest BCUT2D eigenvalue weighted by Crippen LogP contribution is -2.62. The van der Waals surface area contributed by atoms with E-state index in [9.17, 15) is 10.0 Å². The lowest BCUT2D eigenvalue weighted by molar-refractivity contribution is -0.122. The molecule has 1 aromatic rings. The predicted molar refractivity (Wildman–Crippen MR) is 84.0 cm³/mol. The van der Waals surface area contributed by atoms with E-state index in [0.29, 0.717) is 11.4 Å². The van der Waals surface area contributed by atoms with Gasteiger partial charge in [-0.15, -0.1) is 0 Å². The van der Waals surface area contributed by atoms with Crippen molar-refractivity contribution in [2.45, 2.75) is 26.3 Å². The van der Waals surface area contributed by atoms with Gasteiger partial charge in [0, 0.05) is 0 Å². The lowest BCUT2D eigenvalue weighted by Gasteiger charge is -2.28. The molecule has 0 aromatic heterocycles. The molecule has 0 radical (unpaired) electrons. The highest BCUT2D eigenvalue weighted by Crippen LogP contribution is 2.30. The molecule has 1 aliphatic rings. The van der Waals surface area contributed by atoms with Crippen LogP contribution in [-0.2, 0) is 9.63 Å². The summed E-state index contributed by atoms with van der Waals surface area (Å²) in [6.07, 6.45) is 0. The minimum atomic E-state index is -1.51. The molecule has 1 aromatic carbocycles. The standard InChI is InChI=1S/C15H20N4O3/c1-10(2)13-15(18-21,11(3)17-22-4)14(20)19(16-13)12-8-6-5-7-9-12/h5-10,18,21H,1-4H3/b17-11+. The molecule has 22 heavy (non-hydrogen) atoms. The first kappa shape index (κ1) is 16.1. The average Bonchev–Trinajstić information content (AvgIpc) is 2.82. The maximum Gasteiger partial charge on any atom is 0.281 e. The molecule has 2 rings (SSSR count). The van der Waals surface area contributed by atoms with Crippen LogP contribution in [0.25, 0.3) is 0 Å². The summed E-state index contributed by atoms with van der Waals surface area (Å²) in [6.45, 7) is 5.40. The van der Waals surface area contributed by atoms with E-state index in [1.807, 2.05) is 32.0 Å². The van der Waals surface area contributed by atoms with Crippen molar-refractivity contribution in [1.82, 2.24) is 5.48 Å². The second kappa shape index (κ2) is 6.25. The molecular weight excluding hydrogens is 284 g/mol. The van der Waals surface area contributed by atoms with Gasteiger partial charge in [-0.2, -0.15) is 15.6 Å². The van der Waals surface area contributed by atoms with Crippen molar-refractivity contribution in [2.24, 2.45) is 16.2 Å². The van der Waals surface area contributed by atoms with Crippen molar-refractivity contribution in [3.05, 3.63) is 30.3 Å². The molecule has 1 heterocycles. The molecule has 1 unspecified atom stereocenters. The van der Waals surface area contributed by atoms with Crippen molar-refractivity contribution in [3.8, 4) is 0 Å². The Morgan fingerprint density at radius 3 is 2.55 bits per heavy atom. The van der Waals surface area contributed by atoms with Crippen molar-refractivity contribution < 1.29 is 14.8 Å². The minimum Gasteiger partial charge on any atom is -0.399 e. The molecule has 0 spiro atoms. The minimum absolute atomic E-state index is 0.0840. The zero-order valence-corrected chi connectivity index (χ0v) is 13.1. The Hall–Kier alpha value is -2.25. The Labute approximate surface area is 129 Å². The van der Waals surface area contributed by atoms with Crippen LogP contribution in [0.1, 0.15) is 20.8 Å². The third-order valence-corrected chi connectivity index (χ3v) is 3.59. The number of carbonyl (C=O) groups is 1. The second-order valence-electron chi connectivity index (χ2n) is 5.31. The first-order valence-electron chi connectivity index (χ1n) is 6.97. The number of nitrogens with zero attached hydrogens (tertiary/aromatic N) is 3. The summed E-state index contributed by atoms with van der Waals surface area (Å²) in [5, 5.41) is 19.3. The summed E-state index contributed by atoms with van der Waals surface area (Å²) in [6, 6.07) is 9.03. The average molecular weight is 304 g/mol. The van der Waals surface area contributed by atoms with Crippen molar-refractivity contribution in [2.75, 3.05) is 12.1 Å². The fourth-order valence-corrected chi connectivity index (χ4v) is 2.52. The van der Waals surface area contributed by atoms with Crippen molar-refractivity contribution in [1.29, 1.82) is 0 Å². The van der Waals surface area contributed by atoms with Gasteiger partial charge in [-0.05, 0) is 25.0 Å². The van der Waals surface area contributed by atoms with Crippen LogP contribution < -0.4 is 10.5 Å². The number of hydrazone groups is 1. The molecule has 0 aliphatic carbocycles. The summed E-state index contributed by atoms with van der Waals surface area (Å²) in [4.78, 5) is 17.7. The van der Waals surface area contributed by atoms with Crippen LogP contribution in [0.15, 0.2) is 40.6 Å². The molecule has 0 saturated carbocycles. The molecule has 0 bridgehead atoms. The second-order valence-corrected chi connectivity index (χ2v) is 5.31. The normalized spacial score (nSPS) is 22.3. The van der Waals surface area contributed by atoms with Gasteiger partial charge in [0.25, 0.3) is 5.91 Å². The molecule has 0 fully saturated rings. The maximum absolute atomic E-state index is 12.9. The highest BCUT2D eigenvalue weighted by Gasteiger charge is 2.55. The number of hydrogen-bond acceptors (Lipinski definition) is 6. The predicted octanol–water partition coefficient (Wildman–Crippen LogP) is 1.79. The fourth-order valence-electron chi connectivity index (χ4n) is 2.52. The number of hydrogen-bond donors (Lipinski definition) is 2. The van der Waals surface area contributed by atoms with E-state index in [-0.39, 0.29) is 11.6 Å². The third-order valence-electron chi connectivity index (χ3n) is 3.59. The number of para-hydroxylation sites is 1. The van der Waals surface area contributed by atoms with Gasteiger partial charge in [-0.3, -0.25) is 4.79 Å². The molecule has 7 heteroatoms. The quantitative estimate of drug-likeness (QED) is 0.641. The topological polar surface area (TPSA) is 86.5 Å². The molecule has 118 valence electrons. The van der Waals surface area contributed by atoms with E-state index in [4.69, 9.17) is 4.84 Å². The van der Waals surface area contributed by atoms with E-state index in [0.717, 1.165) is 0 Å². The Bertz CT molecular complexity index is 612. The first-order chi connectivity index (χ1) is 10.5. The smallest absolute Gasteiger partial charge is 0.281 e. The molecule has 2 N–H and O–H groups in total. The highest BCUT2D eigenvalue weighted by molar-refractivity contribution is 6.37. The number of anilines is 1. The van der Waals surface area contributed by atoms with Crippen LogP contribution in [0.5, 0.6) is 0 Å². The number of nitrogens with one attached hydrogen (secondary N) is 1. The van der Waals surface area contributed by atoms with Gasteiger partial charge in [0.2, 0.25) is 5.54 Å². The van der Waals surface area contributed by atoms with E-state index in [1.54, 1.807) is 19.1 Å². The number of rotatable bonds is 5. The Kier molecular flexibility index (Phi) is 4.58. The van der Waals surface area contributed by atoms with Gasteiger partial charge >= 0.3 is 0 Å². The summed E-state index contributed by atoms with van der Waals surface area (Å²) >= 11 is 0. The number of oxime groups is 1. The molecule has 1 amide bonds. The van der Waals surface area contributed by atoms with E-state index in [2.05, 4.69) is 15.7 Å². The number of carbonyl (C=O) groups excluding carboxylic acids is 1. The monoisotopic (exact) mass is 304 g/mol. The number of amides is 1. The van der Waals surface area contributed by atoms with Gasteiger partial charge in [0.05, 0.1) is 17.1 Å². The highest BCUT2D eigenvalue weighted by atomic mass is 16.6. The van der Waals surface area contributed by atoms with Gasteiger partial charge in [-0.1, -0.05) is 37.2 Å². The lowest BCUT2D eigenvalue weighted by atomic mass is 9.83. The SMILES string of the molecule is CO/N=C(\C)C1(NO)C(=O)N(c2ccccc2)N=C1C(C)C. The van der Waals surface area contributed by atoms with Crippen LogP contribution in [0.2, 0.25) is 0 Å². The summed E-state index contributed by atoms with van der Waals surface area (Å²) in [5.41, 5.74) is 1.97. The Morgan fingerprint density at radius 2 is 2.05 bits per heavy atom. The third kappa shape index (κ3) is 2.38. The first-order valence-corrected chi connectivity index (χ1v) is 6.97. The van der Waals surface area contributed by atoms with Crippen molar-refractivity contribution >= 4 is 23.0 Å². The van der Waals surface area contributed by atoms with E-state index >= 15 is 0 Å². The molecule has 0 saturated heterocycles.